The summed E-state index contributed by atoms with van der Waals surface area (Å²) in [7, 11) is 0. The van der Waals surface area contributed by atoms with Gasteiger partial charge in [0.05, 0.1) is 6.54 Å². The van der Waals surface area contributed by atoms with Gasteiger partial charge >= 0.3 is 0 Å². The summed E-state index contributed by atoms with van der Waals surface area (Å²) in [6.07, 6.45) is 0. The molecular weight excluding hydrogens is 150 g/mol. The van der Waals surface area contributed by atoms with Crippen LogP contribution in [0.4, 0.5) is 0 Å². The van der Waals surface area contributed by atoms with Gasteiger partial charge in [0.2, 0.25) is 0 Å². The van der Waals surface area contributed by atoms with Gasteiger partial charge in [0, 0.05) is 0 Å². The Morgan fingerprint density at radius 2 is 2.40 bits per heavy atom. The van der Waals surface area contributed by atoms with E-state index in [4.69, 9.17) is 21.8 Å². The summed E-state index contributed by atoms with van der Waals surface area (Å²) < 4.78 is 4.92. The first-order chi connectivity index (χ1) is 4.83. The van der Waals surface area contributed by atoms with E-state index >= 15 is 0 Å². The van der Waals surface area contributed by atoms with Gasteiger partial charge in [0.15, 0.2) is 11.0 Å². The zero-order chi connectivity index (χ0) is 7.40. The van der Waals surface area contributed by atoms with E-state index in [1.165, 1.54) is 0 Å². The van der Waals surface area contributed by atoms with Gasteiger partial charge in [-0.1, -0.05) is 5.92 Å². The zero-order valence-corrected chi connectivity index (χ0v) is 5.98. The maximum absolute atomic E-state index is 5.47. The maximum atomic E-state index is 5.47. The largest absolute Gasteiger partial charge is 0.436 e. The molecule has 2 N–H and O–H groups in total. The van der Waals surface area contributed by atoms with Crippen molar-refractivity contribution >= 4 is 11.6 Å². The van der Waals surface area contributed by atoms with E-state index in [2.05, 4.69) is 11.8 Å². The highest BCUT2D eigenvalue weighted by atomic mass is 35.5. The Kier molecular flexibility index (Phi) is 2.38. The molecule has 1 heterocycles. The molecule has 0 aliphatic carbocycles. The van der Waals surface area contributed by atoms with Crippen molar-refractivity contribution in [2.24, 2.45) is 5.73 Å². The lowest BCUT2D eigenvalue weighted by molar-refractivity contribution is 0.556. The summed E-state index contributed by atoms with van der Waals surface area (Å²) in [5.41, 5.74) is 5.13. The summed E-state index contributed by atoms with van der Waals surface area (Å²) in [6, 6.07) is 3.34. The van der Waals surface area contributed by atoms with Crippen LogP contribution in [0.5, 0.6) is 0 Å². The fraction of sp³-hybridized carbons (Fsp3) is 0.143. The van der Waals surface area contributed by atoms with Crippen LogP contribution in [0.15, 0.2) is 16.5 Å². The molecule has 1 rings (SSSR count). The highest BCUT2D eigenvalue weighted by Gasteiger charge is 1.92. The van der Waals surface area contributed by atoms with Crippen LogP contribution in [0.25, 0.3) is 0 Å². The van der Waals surface area contributed by atoms with Gasteiger partial charge in [-0.15, -0.1) is 0 Å². The van der Waals surface area contributed by atoms with Crippen molar-refractivity contribution in [3.63, 3.8) is 0 Å². The molecule has 3 heteroatoms. The molecule has 0 saturated heterocycles. The fourth-order valence-electron chi connectivity index (χ4n) is 0.520. The van der Waals surface area contributed by atoms with Crippen molar-refractivity contribution in [1.82, 2.24) is 0 Å². The summed E-state index contributed by atoms with van der Waals surface area (Å²) >= 11 is 5.47. The van der Waals surface area contributed by atoms with E-state index in [0.29, 0.717) is 17.5 Å². The lowest BCUT2D eigenvalue weighted by atomic mass is 10.4. The average Bonchev–Trinajstić information content (AvgIpc) is 2.31. The van der Waals surface area contributed by atoms with E-state index in [1.54, 1.807) is 12.1 Å². The molecule has 0 bridgehead atoms. The highest BCUT2D eigenvalue weighted by Crippen LogP contribution is 2.11. The Labute approximate surface area is 64.0 Å². The first-order valence-electron chi connectivity index (χ1n) is 2.77. The molecule has 0 aliphatic heterocycles. The van der Waals surface area contributed by atoms with Gasteiger partial charge < -0.3 is 10.2 Å². The minimum atomic E-state index is 0.332. The fourth-order valence-corrected chi connectivity index (χ4v) is 0.666. The van der Waals surface area contributed by atoms with Crippen LogP contribution in [0.1, 0.15) is 5.76 Å². The summed E-state index contributed by atoms with van der Waals surface area (Å²) in [5.74, 6) is 5.89. The number of rotatable bonds is 0. The Morgan fingerprint density at radius 1 is 1.60 bits per heavy atom. The molecule has 1 aromatic rings. The van der Waals surface area contributed by atoms with E-state index in [-0.39, 0.29) is 0 Å². The van der Waals surface area contributed by atoms with E-state index in [0.717, 1.165) is 0 Å². The SMILES string of the molecule is NCC#Cc1ccc(Cl)o1. The molecule has 0 aromatic carbocycles. The second kappa shape index (κ2) is 3.31. The van der Waals surface area contributed by atoms with Crippen molar-refractivity contribution in [2.45, 2.75) is 0 Å². The van der Waals surface area contributed by atoms with Crippen molar-refractivity contribution < 1.29 is 4.42 Å². The Hall–Kier alpha value is -0.910. The second-order valence-corrected chi connectivity index (χ2v) is 1.98. The van der Waals surface area contributed by atoms with Crippen molar-refractivity contribution in [1.29, 1.82) is 0 Å². The number of halogens is 1. The third-order valence-electron chi connectivity index (χ3n) is 0.887. The lowest BCUT2D eigenvalue weighted by Gasteiger charge is -1.76. The molecule has 52 valence electrons. The third kappa shape index (κ3) is 1.80. The van der Waals surface area contributed by atoms with Crippen LogP contribution in [-0.2, 0) is 0 Å². The third-order valence-corrected chi connectivity index (χ3v) is 1.09. The number of hydrogen-bond acceptors (Lipinski definition) is 2. The molecule has 0 saturated carbocycles. The van der Waals surface area contributed by atoms with Crippen molar-refractivity contribution in [3.05, 3.63) is 23.1 Å². The van der Waals surface area contributed by atoms with Gasteiger partial charge in [-0.3, -0.25) is 0 Å². The molecule has 0 fully saturated rings. The van der Waals surface area contributed by atoms with Gasteiger partial charge in [0.25, 0.3) is 0 Å². The topological polar surface area (TPSA) is 39.2 Å². The Morgan fingerprint density at radius 3 is 2.90 bits per heavy atom. The molecule has 1 aromatic heterocycles. The second-order valence-electron chi connectivity index (χ2n) is 1.61. The quantitative estimate of drug-likeness (QED) is 0.573. The number of hydrogen-bond donors (Lipinski definition) is 1. The standard InChI is InChI=1S/C7H6ClNO/c8-7-4-3-6(10-7)2-1-5-9/h3-4H,5,9H2. The highest BCUT2D eigenvalue weighted by molar-refractivity contribution is 6.28. The normalized spacial score (nSPS) is 8.60. The van der Waals surface area contributed by atoms with Crippen LogP contribution < -0.4 is 5.73 Å². The maximum Gasteiger partial charge on any atom is 0.194 e. The molecule has 0 amide bonds. The van der Waals surface area contributed by atoms with Crippen molar-refractivity contribution in [3.8, 4) is 11.8 Å². The predicted octanol–water partition coefficient (Wildman–Crippen LogP) is 1.24. The zero-order valence-electron chi connectivity index (χ0n) is 5.23. The predicted molar refractivity (Wildman–Crippen MR) is 39.7 cm³/mol. The monoisotopic (exact) mass is 155 g/mol. The van der Waals surface area contributed by atoms with Crippen LogP contribution in [0.2, 0.25) is 5.22 Å². The molecule has 0 atom stereocenters. The van der Waals surface area contributed by atoms with Gasteiger partial charge in [-0.2, -0.15) is 0 Å². The van der Waals surface area contributed by atoms with Crippen molar-refractivity contribution in [2.75, 3.05) is 6.54 Å². The first-order valence-corrected chi connectivity index (χ1v) is 3.15. The van der Waals surface area contributed by atoms with Gasteiger partial charge in [-0.25, -0.2) is 0 Å². The van der Waals surface area contributed by atoms with Crippen LogP contribution in [-0.4, -0.2) is 6.54 Å². The number of furan rings is 1. The first kappa shape index (κ1) is 7.20. The number of nitrogens with two attached hydrogens (primary N) is 1. The smallest absolute Gasteiger partial charge is 0.194 e. The Balaban J connectivity index is 2.76. The van der Waals surface area contributed by atoms with Gasteiger partial charge in [0.1, 0.15) is 0 Å². The summed E-state index contributed by atoms with van der Waals surface area (Å²) in [4.78, 5) is 0. The summed E-state index contributed by atoms with van der Waals surface area (Å²) in [6.45, 7) is 0.332. The summed E-state index contributed by atoms with van der Waals surface area (Å²) in [5, 5.41) is 0.348. The minimum Gasteiger partial charge on any atom is -0.436 e. The van der Waals surface area contributed by atoms with E-state index in [9.17, 15) is 0 Å². The van der Waals surface area contributed by atoms with E-state index in [1.807, 2.05) is 0 Å². The van der Waals surface area contributed by atoms with E-state index < -0.39 is 0 Å². The molecule has 0 spiro atoms. The molecular formula is C7H6ClNO. The molecule has 2 nitrogen and oxygen atoms in total. The van der Waals surface area contributed by atoms with Crippen LogP contribution in [0, 0.1) is 11.8 Å². The van der Waals surface area contributed by atoms with Crippen LogP contribution in [0.3, 0.4) is 0 Å². The van der Waals surface area contributed by atoms with Gasteiger partial charge in [-0.05, 0) is 29.7 Å². The lowest BCUT2D eigenvalue weighted by Crippen LogP contribution is -1.92. The minimum absolute atomic E-state index is 0.332. The molecule has 0 radical (unpaired) electrons. The molecule has 0 aliphatic rings. The molecule has 0 unspecified atom stereocenters. The van der Waals surface area contributed by atoms with Crippen LogP contribution >= 0.6 is 11.6 Å². The molecule has 10 heavy (non-hydrogen) atoms. The Bertz CT molecular complexity index is 269. The average molecular weight is 156 g/mol.